The number of rotatable bonds is 1. The van der Waals surface area contributed by atoms with Gasteiger partial charge in [-0.2, -0.15) is 0 Å². The normalized spacial score (nSPS) is 14.2. The van der Waals surface area contributed by atoms with E-state index in [9.17, 15) is 0 Å². The highest BCUT2D eigenvalue weighted by molar-refractivity contribution is 7.16. The van der Waals surface area contributed by atoms with Crippen LogP contribution in [-0.2, 0) is 12.8 Å². The van der Waals surface area contributed by atoms with Crippen molar-refractivity contribution in [3.63, 3.8) is 0 Å². The van der Waals surface area contributed by atoms with E-state index in [4.69, 9.17) is 21.8 Å². The minimum Gasteiger partial charge on any atom is -0.436 e. The summed E-state index contributed by atoms with van der Waals surface area (Å²) in [6.45, 7) is 0. The Labute approximate surface area is 119 Å². The minimum atomic E-state index is 0.620. The van der Waals surface area contributed by atoms with Crippen LogP contribution in [0.3, 0.4) is 0 Å². The van der Waals surface area contributed by atoms with Crippen LogP contribution in [-0.4, -0.2) is 4.98 Å². The average Bonchev–Trinajstić information content (AvgIpc) is 3.01. The summed E-state index contributed by atoms with van der Waals surface area (Å²) in [5.74, 6) is 0.620. The van der Waals surface area contributed by atoms with Gasteiger partial charge in [-0.1, -0.05) is 11.6 Å². The zero-order chi connectivity index (χ0) is 13.0. The maximum atomic E-state index is 6.13. The number of hydrogen-bond acceptors (Lipinski definition) is 4. The molecule has 0 saturated heterocycles. The number of aryl methyl sites for hydroxylation is 1. The second-order valence-corrected chi connectivity index (χ2v) is 6.30. The summed E-state index contributed by atoms with van der Waals surface area (Å²) in [6.07, 6.45) is 3.38. The first-order valence-corrected chi connectivity index (χ1v) is 7.38. The van der Waals surface area contributed by atoms with Crippen LogP contribution in [0.5, 0.6) is 0 Å². The monoisotopic (exact) mass is 290 g/mol. The molecule has 0 spiro atoms. The number of benzene rings is 1. The van der Waals surface area contributed by atoms with Crippen LogP contribution in [0.15, 0.2) is 22.6 Å². The summed E-state index contributed by atoms with van der Waals surface area (Å²) in [7, 11) is 0. The second kappa shape index (κ2) is 3.99. The Hall–Kier alpha value is -1.52. The van der Waals surface area contributed by atoms with Gasteiger partial charge in [0.1, 0.15) is 5.52 Å². The molecule has 96 valence electrons. The van der Waals surface area contributed by atoms with E-state index >= 15 is 0 Å². The minimum absolute atomic E-state index is 0.620. The van der Waals surface area contributed by atoms with Crippen molar-refractivity contribution < 1.29 is 4.42 Å². The van der Waals surface area contributed by atoms with Crippen molar-refractivity contribution in [2.24, 2.45) is 0 Å². The maximum Gasteiger partial charge on any atom is 0.230 e. The van der Waals surface area contributed by atoms with E-state index in [1.165, 1.54) is 16.9 Å². The number of halogens is 1. The molecule has 1 aliphatic carbocycles. The van der Waals surface area contributed by atoms with Gasteiger partial charge in [-0.15, -0.1) is 11.3 Å². The van der Waals surface area contributed by atoms with Gasteiger partial charge in [-0.3, -0.25) is 0 Å². The van der Waals surface area contributed by atoms with Gasteiger partial charge in [-0.05, 0) is 43.0 Å². The Morgan fingerprint density at radius 2 is 2.21 bits per heavy atom. The number of hydrogen-bond donors (Lipinski definition) is 1. The van der Waals surface area contributed by atoms with Crippen molar-refractivity contribution in [3.05, 3.63) is 33.7 Å². The molecule has 4 rings (SSSR count). The molecule has 2 heterocycles. The average molecular weight is 291 g/mol. The van der Waals surface area contributed by atoms with Crippen LogP contribution >= 0.6 is 22.9 Å². The van der Waals surface area contributed by atoms with Gasteiger partial charge in [0.15, 0.2) is 5.58 Å². The molecule has 0 saturated carbocycles. The largest absolute Gasteiger partial charge is 0.436 e. The van der Waals surface area contributed by atoms with Crippen molar-refractivity contribution in [1.29, 1.82) is 0 Å². The summed E-state index contributed by atoms with van der Waals surface area (Å²) < 4.78 is 5.83. The van der Waals surface area contributed by atoms with Gasteiger partial charge in [0, 0.05) is 9.90 Å². The fourth-order valence-electron chi connectivity index (χ4n) is 2.67. The summed E-state index contributed by atoms with van der Waals surface area (Å²) in [5, 5.41) is 1.47. The predicted molar refractivity (Wildman–Crippen MR) is 78.8 cm³/mol. The number of nitrogen functional groups attached to an aromatic ring is 1. The van der Waals surface area contributed by atoms with Gasteiger partial charge in [0.25, 0.3) is 0 Å². The topological polar surface area (TPSA) is 52.0 Å². The highest BCUT2D eigenvalue weighted by Crippen LogP contribution is 2.43. The molecule has 1 aromatic carbocycles. The molecule has 0 fully saturated rings. The molecule has 0 amide bonds. The molecule has 0 unspecified atom stereocenters. The van der Waals surface area contributed by atoms with E-state index in [1.807, 2.05) is 12.1 Å². The summed E-state index contributed by atoms with van der Waals surface area (Å²) in [4.78, 5) is 5.91. The van der Waals surface area contributed by atoms with Gasteiger partial charge >= 0.3 is 0 Å². The quantitative estimate of drug-likeness (QED) is 0.728. The van der Waals surface area contributed by atoms with E-state index in [0.29, 0.717) is 10.9 Å². The second-order valence-electron chi connectivity index (χ2n) is 4.73. The molecule has 19 heavy (non-hydrogen) atoms. The molecule has 0 atom stereocenters. The fraction of sp³-hybridized carbons (Fsp3) is 0.214. The summed E-state index contributed by atoms with van der Waals surface area (Å²) in [6, 6.07) is 5.46. The molecule has 3 nitrogen and oxygen atoms in total. The third-order valence-corrected chi connectivity index (χ3v) is 4.87. The zero-order valence-electron chi connectivity index (χ0n) is 10.1. The molecular weight excluding hydrogens is 280 g/mol. The van der Waals surface area contributed by atoms with Crippen LogP contribution in [0.1, 0.15) is 16.9 Å². The van der Waals surface area contributed by atoms with Gasteiger partial charge in [0.2, 0.25) is 5.89 Å². The molecule has 1 aliphatic rings. The number of nitrogens with zero attached hydrogens (tertiary/aromatic N) is 1. The van der Waals surface area contributed by atoms with Crippen LogP contribution in [0.4, 0.5) is 5.00 Å². The van der Waals surface area contributed by atoms with Crippen LogP contribution < -0.4 is 5.73 Å². The molecule has 0 bridgehead atoms. The Morgan fingerprint density at radius 1 is 1.32 bits per heavy atom. The molecule has 2 N–H and O–H groups in total. The van der Waals surface area contributed by atoms with Crippen LogP contribution in [0.25, 0.3) is 22.6 Å². The van der Waals surface area contributed by atoms with Crippen molar-refractivity contribution in [2.45, 2.75) is 19.3 Å². The Balaban J connectivity index is 1.95. The van der Waals surface area contributed by atoms with E-state index < -0.39 is 0 Å². The van der Waals surface area contributed by atoms with E-state index in [2.05, 4.69) is 4.98 Å². The predicted octanol–water partition coefficient (Wildman–Crippen LogP) is 4.28. The SMILES string of the molecule is Nc1sc2c(c1-c1nc3cc(Cl)ccc3o1)CCC2. The molecule has 0 aliphatic heterocycles. The molecule has 2 aromatic heterocycles. The first-order chi connectivity index (χ1) is 9.22. The van der Waals surface area contributed by atoms with E-state index in [-0.39, 0.29) is 0 Å². The number of nitrogens with two attached hydrogens (primary N) is 1. The van der Waals surface area contributed by atoms with Crippen molar-refractivity contribution in [2.75, 3.05) is 5.73 Å². The number of oxazole rings is 1. The number of fused-ring (bicyclic) bond motifs is 2. The van der Waals surface area contributed by atoms with Crippen LogP contribution in [0.2, 0.25) is 5.02 Å². The zero-order valence-corrected chi connectivity index (χ0v) is 11.6. The lowest BCUT2D eigenvalue weighted by Crippen LogP contribution is -1.88. The smallest absolute Gasteiger partial charge is 0.230 e. The number of aromatic nitrogens is 1. The fourth-order valence-corrected chi connectivity index (χ4v) is 3.99. The Kier molecular flexibility index (Phi) is 2.37. The van der Waals surface area contributed by atoms with Gasteiger partial charge < -0.3 is 10.2 Å². The van der Waals surface area contributed by atoms with E-state index in [1.54, 1.807) is 17.4 Å². The van der Waals surface area contributed by atoms with Gasteiger partial charge in [-0.25, -0.2) is 4.98 Å². The maximum absolute atomic E-state index is 6.13. The highest BCUT2D eigenvalue weighted by atomic mass is 35.5. The molecule has 5 heteroatoms. The van der Waals surface area contributed by atoms with E-state index in [0.717, 1.165) is 34.5 Å². The Bertz CT molecular complexity index is 790. The van der Waals surface area contributed by atoms with Gasteiger partial charge in [0.05, 0.1) is 10.6 Å². The first kappa shape index (κ1) is 11.3. The number of anilines is 1. The summed E-state index contributed by atoms with van der Waals surface area (Å²) in [5.41, 5.74) is 9.96. The lowest BCUT2D eigenvalue weighted by atomic mass is 10.1. The standard InChI is InChI=1S/C14H11ClN2OS/c15-7-4-5-10-9(6-7)17-14(18-10)12-8-2-1-3-11(8)19-13(12)16/h4-6H,1-3,16H2. The van der Waals surface area contributed by atoms with Crippen molar-refractivity contribution >= 4 is 39.0 Å². The molecular formula is C14H11ClN2OS. The first-order valence-electron chi connectivity index (χ1n) is 6.19. The lowest BCUT2D eigenvalue weighted by Gasteiger charge is -1.97. The van der Waals surface area contributed by atoms with Crippen molar-refractivity contribution in [3.8, 4) is 11.5 Å². The highest BCUT2D eigenvalue weighted by Gasteiger charge is 2.25. The number of thiophene rings is 1. The molecule has 0 radical (unpaired) electrons. The summed E-state index contributed by atoms with van der Waals surface area (Å²) >= 11 is 7.64. The third kappa shape index (κ3) is 1.67. The molecule has 3 aromatic rings. The third-order valence-electron chi connectivity index (χ3n) is 3.51. The Morgan fingerprint density at radius 3 is 3.11 bits per heavy atom. The van der Waals surface area contributed by atoms with Crippen LogP contribution in [0, 0.1) is 0 Å². The van der Waals surface area contributed by atoms with Crippen molar-refractivity contribution in [1.82, 2.24) is 4.98 Å². The lowest BCUT2D eigenvalue weighted by molar-refractivity contribution is 0.619.